The van der Waals surface area contributed by atoms with Crippen molar-refractivity contribution in [1.29, 1.82) is 0 Å². The van der Waals surface area contributed by atoms with E-state index in [1.54, 1.807) is 31.2 Å². The summed E-state index contributed by atoms with van der Waals surface area (Å²) in [7, 11) is -2.03. The number of rotatable bonds is 6. The van der Waals surface area contributed by atoms with Gasteiger partial charge in [-0.3, -0.25) is 9.69 Å². The van der Waals surface area contributed by atoms with Gasteiger partial charge in [-0.2, -0.15) is 4.31 Å². The zero-order chi connectivity index (χ0) is 21.9. The van der Waals surface area contributed by atoms with E-state index in [1.165, 1.54) is 11.4 Å². The Hall–Kier alpha value is -2.13. The molecule has 0 atom stereocenters. The van der Waals surface area contributed by atoms with E-state index in [2.05, 4.69) is 5.32 Å². The number of anilines is 1. The number of sulfonamides is 1. The number of hydrogen-bond acceptors (Lipinski definition) is 5. The summed E-state index contributed by atoms with van der Waals surface area (Å²) in [5.41, 5.74) is 2.15. The second kappa shape index (κ2) is 9.34. The van der Waals surface area contributed by atoms with Crippen molar-refractivity contribution in [3.63, 3.8) is 0 Å². The van der Waals surface area contributed by atoms with E-state index in [0.29, 0.717) is 47.5 Å². The van der Waals surface area contributed by atoms with Crippen LogP contribution >= 0.6 is 11.6 Å². The molecule has 0 radical (unpaired) electrons. The molecule has 0 spiro atoms. The van der Waals surface area contributed by atoms with Crippen LogP contribution in [0.5, 0.6) is 5.75 Å². The van der Waals surface area contributed by atoms with Crippen molar-refractivity contribution >= 4 is 33.2 Å². The minimum Gasteiger partial charge on any atom is -0.495 e. The summed E-state index contributed by atoms with van der Waals surface area (Å²) in [5, 5.41) is 3.31. The van der Waals surface area contributed by atoms with Crippen molar-refractivity contribution in [3.8, 4) is 5.75 Å². The molecule has 1 heterocycles. The quantitative estimate of drug-likeness (QED) is 0.730. The van der Waals surface area contributed by atoms with Gasteiger partial charge in [-0.25, -0.2) is 8.42 Å². The maximum Gasteiger partial charge on any atom is 0.243 e. The van der Waals surface area contributed by atoms with E-state index in [4.69, 9.17) is 16.3 Å². The molecule has 0 bridgehead atoms. The Morgan fingerprint density at radius 1 is 1.10 bits per heavy atom. The van der Waals surface area contributed by atoms with E-state index in [1.807, 2.05) is 24.0 Å². The first-order valence-electron chi connectivity index (χ1n) is 9.64. The number of nitrogens with zero attached hydrogens (tertiary/aromatic N) is 2. The van der Waals surface area contributed by atoms with E-state index in [9.17, 15) is 13.2 Å². The van der Waals surface area contributed by atoms with Crippen LogP contribution in [-0.2, 0) is 14.8 Å². The molecule has 2 aromatic carbocycles. The Morgan fingerprint density at radius 2 is 1.80 bits per heavy atom. The highest BCUT2D eigenvalue weighted by Crippen LogP contribution is 2.27. The highest BCUT2D eigenvalue weighted by atomic mass is 35.5. The van der Waals surface area contributed by atoms with Crippen molar-refractivity contribution < 1.29 is 17.9 Å². The smallest absolute Gasteiger partial charge is 0.243 e. The van der Waals surface area contributed by atoms with Crippen LogP contribution in [0.25, 0.3) is 0 Å². The van der Waals surface area contributed by atoms with Crippen LogP contribution in [0.4, 0.5) is 5.69 Å². The van der Waals surface area contributed by atoms with Gasteiger partial charge in [0.15, 0.2) is 0 Å². The second-order valence-electron chi connectivity index (χ2n) is 7.34. The van der Waals surface area contributed by atoms with Gasteiger partial charge < -0.3 is 10.1 Å². The highest BCUT2D eigenvalue weighted by Gasteiger charge is 2.30. The van der Waals surface area contributed by atoms with Crippen molar-refractivity contribution in [2.45, 2.75) is 18.7 Å². The number of piperazine rings is 1. The summed E-state index contributed by atoms with van der Waals surface area (Å²) in [4.78, 5) is 14.7. The molecule has 30 heavy (non-hydrogen) atoms. The predicted octanol–water partition coefficient (Wildman–Crippen LogP) is 2.91. The van der Waals surface area contributed by atoms with Crippen molar-refractivity contribution in [1.82, 2.24) is 9.21 Å². The van der Waals surface area contributed by atoms with Gasteiger partial charge in [-0.15, -0.1) is 0 Å². The number of methoxy groups -OCH3 is 1. The lowest BCUT2D eigenvalue weighted by atomic mass is 10.2. The maximum absolute atomic E-state index is 13.0. The first-order chi connectivity index (χ1) is 14.2. The van der Waals surface area contributed by atoms with E-state index >= 15 is 0 Å². The minimum atomic E-state index is -3.55. The Bertz CT molecular complexity index is 1030. The van der Waals surface area contributed by atoms with Crippen LogP contribution in [0.15, 0.2) is 41.3 Å². The van der Waals surface area contributed by atoms with Crippen LogP contribution in [-0.4, -0.2) is 63.4 Å². The van der Waals surface area contributed by atoms with E-state index in [0.717, 1.165) is 11.1 Å². The monoisotopic (exact) mass is 451 g/mol. The number of ether oxygens (including phenoxy) is 1. The zero-order valence-electron chi connectivity index (χ0n) is 17.3. The van der Waals surface area contributed by atoms with Gasteiger partial charge in [0, 0.05) is 31.2 Å². The van der Waals surface area contributed by atoms with Crippen molar-refractivity contribution in [2.24, 2.45) is 0 Å². The van der Waals surface area contributed by atoms with Crippen LogP contribution in [0.2, 0.25) is 5.02 Å². The average molecular weight is 452 g/mol. The Balaban J connectivity index is 1.60. The van der Waals surface area contributed by atoms with Crippen LogP contribution < -0.4 is 10.1 Å². The van der Waals surface area contributed by atoms with Crippen LogP contribution in [0, 0.1) is 13.8 Å². The number of carbonyl (C=O) groups is 1. The number of aryl methyl sites for hydroxylation is 2. The van der Waals surface area contributed by atoms with E-state index < -0.39 is 10.0 Å². The van der Waals surface area contributed by atoms with Crippen molar-refractivity contribution in [3.05, 3.63) is 52.5 Å². The summed E-state index contributed by atoms with van der Waals surface area (Å²) in [6.45, 7) is 5.47. The molecule has 0 unspecified atom stereocenters. The molecule has 162 valence electrons. The Labute approximate surface area is 182 Å². The van der Waals surface area contributed by atoms with Crippen LogP contribution in [0.1, 0.15) is 11.1 Å². The highest BCUT2D eigenvalue weighted by molar-refractivity contribution is 7.89. The molecule has 1 aliphatic rings. The molecule has 0 aliphatic carbocycles. The molecule has 3 rings (SSSR count). The normalized spacial score (nSPS) is 15.7. The van der Waals surface area contributed by atoms with Gasteiger partial charge in [0.25, 0.3) is 0 Å². The molecule has 1 saturated heterocycles. The number of hydrogen-bond donors (Lipinski definition) is 1. The third-order valence-electron chi connectivity index (χ3n) is 5.10. The summed E-state index contributed by atoms with van der Waals surface area (Å²) >= 11 is 6.00. The number of amides is 1. The Kier molecular flexibility index (Phi) is 7.02. The van der Waals surface area contributed by atoms with Gasteiger partial charge in [-0.1, -0.05) is 23.7 Å². The van der Waals surface area contributed by atoms with Gasteiger partial charge in [0.1, 0.15) is 5.75 Å². The van der Waals surface area contributed by atoms with Gasteiger partial charge in [0.05, 0.1) is 24.2 Å². The number of halogens is 1. The Morgan fingerprint density at radius 3 is 2.47 bits per heavy atom. The number of nitrogens with one attached hydrogen (secondary N) is 1. The number of carbonyl (C=O) groups excluding carboxylic acids is 1. The van der Waals surface area contributed by atoms with Gasteiger partial charge >= 0.3 is 0 Å². The van der Waals surface area contributed by atoms with Gasteiger partial charge in [0.2, 0.25) is 15.9 Å². The molecule has 7 nitrogen and oxygen atoms in total. The largest absolute Gasteiger partial charge is 0.495 e. The summed E-state index contributed by atoms with van der Waals surface area (Å²) < 4.78 is 32.8. The zero-order valence-corrected chi connectivity index (χ0v) is 18.9. The third kappa shape index (κ3) is 5.13. The molecular formula is C21H26ClN3O4S. The lowest BCUT2D eigenvalue weighted by molar-refractivity contribution is -0.117. The lowest BCUT2D eigenvalue weighted by Gasteiger charge is -2.33. The lowest BCUT2D eigenvalue weighted by Crippen LogP contribution is -2.50. The topological polar surface area (TPSA) is 79.0 Å². The molecule has 1 amide bonds. The first-order valence-corrected chi connectivity index (χ1v) is 11.5. The average Bonchev–Trinajstić information content (AvgIpc) is 2.70. The fourth-order valence-electron chi connectivity index (χ4n) is 3.42. The van der Waals surface area contributed by atoms with Crippen LogP contribution in [0.3, 0.4) is 0 Å². The molecule has 0 aromatic heterocycles. The fourth-order valence-corrected chi connectivity index (χ4v) is 5.33. The summed E-state index contributed by atoms with van der Waals surface area (Å²) in [5.74, 6) is 0.318. The molecule has 2 aromatic rings. The first kappa shape index (κ1) is 22.6. The molecule has 1 aliphatic heterocycles. The molecule has 9 heteroatoms. The predicted molar refractivity (Wildman–Crippen MR) is 118 cm³/mol. The van der Waals surface area contributed by atoms with Gasteiger partial charge in [-0.05, 0) is 49.2 Å². The number of benzene rings is 2. The molecule has 0 saturated carbocycles. The molecular weight excluding hydrogens is 426 g/mol. The molecule has 1 fully saturated rings. The maximum atomic E-state index is 13.0. The standard InChI is InChI=1S/C21H26ClN3O4S/c1-15-4-5-16(2)20(12-15)30(27,28)25-10-8-24(9-11-25)14-21(26)23-18-13-17(22)6-7-19(18)29-3/h4-7,12-13H,8-11,14H2,1-3H3,(H,23,26). The molecule has 1 N–H and O–H groups in total. The minimum absolute atomic E-state index is 0.160. The SMILES string of the molecule is COc1ccc(Cl)cc1NC(=O)CN1CCN(S(=O)(=O)c2cc(C)ccc2C)CC1. The second-order valence-corrected chi connectivity index (χ2v) is 9.68. The summed E-state index contributed by atoms with van der Waals surface area (Å²) in [6, 6.07) is 10.4. The van der Waals surface area contributed by atoms with E-state index in [-0.39, 0.29) is 12.5 Å². The van der Waals surface area contributed by atoms with Crippen molar-refractivity contribution in [2.75, 3.05) is 45.2 Å². The third-order valence-corrected chi connectivity index (χ3v) is 7.37. The summed E-state index contributed by atoms with van der Waals surface area (Å²) in [6.07, 6.45) is 0. The fraction of sp³-hybridized carbons (Fsp3) is 0.381.